The van der Waals surface area contributed by atoms with Crippen molar-refractivity contribution in [2.45, 2.75) is 58.8 Å². The lowest BCUT2D eigenvalue weighted by atomic mass is 9.86. The Bertz CT molecular complexity index is 435. The van der Waals surface area contributed by atoms with Gasteiger partial charge in [0.2, 0.25) is 0 Å². The molecule has 3 nitrogen and oxygen atoms in total. The van der Waals surface area contributed by atoms with Crippen molar-refractivity contribution in [1.29, 1.82) is 0 Å². The van der Waals surface area contributed by atoms with Crippen molar-refractivity contribution in [2.24, 2.45) is 0 Å². The van der Waals surface area contributed by atoms with Gasteiger partial charge in [0, 0.05) is 18.7 Å². The molecule has 3 heteroatoms. The first kappa shape index (κ1) is 17.5. The molecule has 1 aromatic carbocycles. The lowest BCUT2D eigenvalue weighted by molar-refractivity contribution is -0.143. The number of esters is 1. The number of nitrogens with one attached hydrogen (secondary N) is 1. The van der Waals surface area contributed by atoms with Crippen LogP contribution in [0.5, 0.6) is 0 Å². The van der Waals surface area contributed by atoms with Crippen molar-refractivity contribution in [3.05, 3.63) is 29.8 Å². The number of para-hydroxylation sites is 1. The Morgan fingerprint density at radius 3 is 2.52 bits per heavy atom. The normalized spacial score (nSPS) is 11.2. The molecule has 0 heterocycles. The molecule has 0 amide bonds. The number of hydrogen-bond acceptors (Lipinski definition) is 3. The Balaban J connectivity index is 2.29. The molecule has 0 aliphatic carbocycles. The Labute approximate surface area is 129 Å². The third-order valence-corrected chi connectivity index (χ3v) is 3.41. The molecule has 118 valence electrons. The molecule has 0 aromatic heterocycles. The second kappa shape index (κ2) is 8.71. The molecular formula is C18H29NO2. The molecule has 1 N–H and O–H groups in total. The van der Waals surface area contributed by atoms with Crippen molar-refractivity contribution in [3.63, 3.8) is 0 Å². The first-order valence-corrected chi connectivity index (χ1v) is 7.94. The number of carbonyl (C=O) groups is 1. The Morgan fingerprint density at radius 1 is 1.14 bits per heavy atom. The molecule has 0 fully saturated rings. The summed E-state index contributed by atoms with van der Waals surface area (Å²) in [5, 5.41) is 3.52. The van der Waals surface area contributed by atoms with Gasteiger partial charge in [-0.3, -0.25) is 4.79 Å². The van der Waals surface area contributed by atoms with Crippen LogP contribution in [0.25, 0.3) is 0 Å². The molecule has 0 spiro atoms. The Kier molecular flexibility index (Phi) is 7.27. The number of ether oxygens (including phenoxy) is 1. The minimum absolute atomic E-state index is 0.0801. The van der Waals surface area contributed by atoms with Crippen LogP contribution in [0.2, 0.25) is 0 Å². The van der Waals surface area contributed by atoms with E-state index in [1.165, 1.54) is 11.3 Å². The van der Waals surface area contributed by atoms with Gasteiger partial charge in [-0.25, -0.2) is 0 Å². The van der Waals surface area contributed by atoms with Crippen LogP contribution >= 0.6 is 0 Å². The Hall–Kier alpha value is -1.51. The maximum atomic E-state index is 11.2. The second-order valence-electron chi connectivity index (χ2n) is 6.34. The number of anilines is 1. The summed E-state index contributed by atoms with van der Waals surface area (Å²) in [6.07, 6.45) is 3.55. The highest BCUT2D eigenvalue weighted by Crippen LogP contribution is 2.29. The zero-order valence-corrected chi connectivity index (χ0v) is 13.9. The maximum absolute atomic E-state index is 11.2. The van der Waals surface area contributed by atoms with Crippen LogP contribution in [0.15, 0.2) is 24.3 Å². The highest BCUT2D eigenvalue weighted by molar-refractivity contribution is 5.69. The van der Waals surface area contributed by atoms with Gasteiger partial charge in [-0.15, -0.1) is 0 Å². The van der Waals surface area contributed by atoms with E-state index < -0.39 is 0 Å². The maximum Gasteiger partial charge on any atom is 0.305 e. The molecule has 0 saturated carbocycles. The quantitative estimate of drug-likeness (QED) is 0.565. The summed E-state index contributed by atoms with van der Waals surface area (Å²) < 4.78 is 4.92. The van der Waals surface area contributed by atoms with Gasteiger partial charge < -0.3 is 10.1 Å². The van der Waals surface area contributed by atoms with Gasteiger partial charge in [0.1, 0.15) is 0 Å². The van der Waals surface area contributed by atoms with Crippen LogP contribution in [0.3, 0.4) is 0 Å². The average molecular weight is 291 g/mol. The summed E-state index contributed by atoms with van der Waals surface area (Å²) in [6, 6.07) is 8.48. The van der Waals surface area contributed by atoms with E-state index in [1.54, 1.807) is 0 Å². The van der Waals surface area contributed by atoms with Crippen LogP contribution in [0.1, 0.15) is 58.9 Å². The summed E-state index contributed by atoms with van der Waals surface area (Å²) in [6.45, 7) is 9.95. The van der Waals surface area contributed by atoms with Gasteiger partial charge in [-0.05, 0) is 36.8 Å². The topological polar surface area (TPSA) is 38.3 Å². The van der Waals surface area contributed by atoms with E-state index in [1.807, 2.05) is 6.92 Å². The van der Waals surface area contributed by atoms with E-state index >= 15 is 0 Å². The van der Waals surface area contributed by atoms with Crippen molar-refractivity contribution >= 4 is 11.7 Å². The number of unbranched alkanes of at least 4 members (excludes halogenated alkanes) is 2. The molecular weight excluding hydrogens is 262 g/mol. The fourth-order valence-corrected chi connectivity index (χ4v) is 2.32. The van der Waals surface area contributed by atoms with E-state index in [0.717, 1.165) is 25.8 Å². The third kappa shape index (κ3) is 6.65. The summed E-state index contributed by atoms with van der Waals surface area (Å²) in [5.74, 6) is -0.0801. The SMILES string of the molecule is CCOC(=O)CCCCCNc1ccccc1C(C)(C)C. The summed E-state index contributed by atoms with van der Waals surface area (Å²) in [7, 11) is 0. The molecule has 0 aliphatic rings. The lowest BCUT2D eigenvalue weighted by Crippen LogP contribution is -2.15. The number of carbonyl (C=O) groups excluding carboxylic acids is 1. The molecule has 0 bridgehead atoms. The minimum atomic E-state index is -0.0801. The number of hydrogen-bond donors (Lipinski definition) is 1. The van der Waals surface area contributed by atoms with Crippen molar-refractivity contribution in [1.82, 2.24) is 0 Å². The van der Waals surface area contributed by atoms with Gasteiger partial charge in [-0.1, -0.05) is 45.4 Å². The largest absolute Gasteiger partial charge is 0.466 e. The first-order chi connectivity index (χ1) is 9.95. The van der Waals surface area contributed by atoms with Gasteiger partial charge in [0.25, 0.3) is 0 Å². The van der Waals surface area contributed by atoms with Crippen LogP contribution in [-0.4, -0.2) is 19.1 Å². The van der Waals surface area contributed by atoms with Gasteiger partial charge in [0.15, 0.2) is 0 Å². The molecule has 0 radical (unpaired) electrons. The number of benzene rings is 1. The lowest BCUT2D eigenvalue weighted by Gasteiger charge is -2.23. The van der Waals surface area contributed by atoms with Crippen LogP contribution in [0, 0.1) is 0 Å². The molecule has 1 aromatic rings. The monoisotopic (exact) mass is 291 g/mol. The smallest absolute Gasteiger partial charge is 0.305 e. The third-order valence-electron chi connectivity index (χ3n) is 3.41. The highest BCUT2D eigenvalue weighted by Gasteiger charge is 2.16. The molecule has 0 saturated heterocycles. The second-order valence-corrected chi connectivity index (χ2v) is 6.34. The summed E-state index contributed by atoms with van der Waals surface area (Å²) >= 11 is 0. The fourth-order valence-electron chi connectivity index (χ4n) is 2.32. The summed E-state index contributed by atoms with van der Waals surface area (Å²) in [4.78, 5) is 11.2. The van der Waals surface area contributed by atoms with Gasteiger partial charge >= 0.3 is 5.97 Å². The predicted molar refractivity (Wildman–Crippen MR) is 88.7 cm³/mol. The van der Waals surface area contributed by atoms with Gasteiger partial charge in [-0.2, -0.15) is 0 Å². The first-order valence-electron chi connectivity index (χ1n) is 7.94. The van der Waals surface area contributed by atoms with Crippen LogP contribution < -0.4 is 5.32 Å². The average Bonchev–Trinajstić information content (AvgIpc) is 2.42. The van der Waals surface area contributed by atoms with E-state index in [9.17, 15) is 4.79 Å². The van der Waals surface area contributed by atoms with Gasteiger partial charge in [0.05, 0.1) is 6.61 Å². The number of rotatable bonds is 8. The summed E-state index contributed by atoms with van der Waals surface area (Å²) in [5.41, 5.74) is 2.71. The van der Waals surface area contributed by atoms with Crippen molar-refractivity contribution < 1.29 is 9.53 Å². The zero-order chi connectivity index (χ0) is 15.7. The van der Waals surface area contributed by atoms with E-state index in [4.69, 9.17) is 4.74 Å². The van der Waals surface area contributed by atoms with Crippen LogP contribution in [-0.2, 0) is 14.9 Å². The highest BCUT2D eigenvalue weighted by atomic mass is 16.5. The van der Waals surface area contributed by atoms with E-state index in [0.29, 0.717) is 13.0 Å². The molecule has 0 unspecified atom stereocenters. The fraction of sp³-hybridized carbons (Fsp3) is 0.611. The van der Waals surface area contributed by atoms with Crippen molar-refractivity contribution in [2.75, 3.05) is 18.5 Å². The predicted octanol–water partition coefficient (Wildman–Crippen LogP) is 4.52. The molecule has 21 heavy (non-hydrogen) atoms. The zero-order valence-electron chi connectivity index (χ0n) is 13.9. The van der Waals surface area contributed by atoms with Crippen molar-refractivity contribution in [3.8, 4) is 0 Å². The van der Waals surface area contributed by atoms with E-state index in [2.05, 4.69) is 50.4 Å². The molecule has 1 rings (SSSR count). The molecule has 0 aliphatic heterocycles. The minimum Gasteiger partial charge on any atom is -0.466 e. The molecule has 0 atom stereocenters. The standard InChI is InChI=1S/C18H29NO2/c1-5-21-17(20)13-7-6-10-14-19-16-12-9-8-11-15(16)18(2,3)4/h8-9,11-12,19H,5-7,10,13-14H2,1-4H3. The van der Waals surface area contributed by atoms with Crippen LogP contribution in [0.4, 0.5) is 5.69 Å². The van der Waals surface area contributed by atoms with E-state index in [-0.39, 0.29) is 11.4 Å². The Morgan fingerprint density at radius 2 is 1.86 bits per heavy atom.